The minimum Gasteiger partial charge on any atom is -0.375 e. The monoisotopic (exact) mass is 387 g/mol. The van der Waals surface area contributed by atoms with E-state index in [4.69, 9.17) is 5.14 Å². The highest BCUT2D eigenvalue weighted by Crippen LogP contribution is 2.27. The van der Waals surface area contributed by atoms with Crippen molar-refractivity contribution in [1.29, 1.82) is 0 Å². The highest BCUT2D eigenvalue weighted by atomic mass is 32.2. The normalized spacial score (nSPS) is 11.3. The minimum atomic E-state index is -4.01. The number of hydrogen-bond donors (Lipinski definition) is 2. The maximum absolute atomic E-state index is 11.4. The number of hydrogen-bond acceptors (Lipinski definition) is 6. The Kier molecular flexibility index (Phi) is 5.19. The first-order valence-corrected chi connectivity index (χ1v) is 9.46. The lowest BCUT2D eigenvalue weighted by Gasteiger charge is -2.09. The Morgan fingerprint density at radius 3 is 2.44 bits per heavy atom. The summed E-state index contributed by atoms with van der Waals surface area (Å²) in [5.41, 5.74) is 1.89. The van der Waals surface area contributed by atoms with E-state index in [1.54, 1.807) is 12.5 Å². The van der Waals surface area contributed by atoms with Crippen LogP contribution in [0, 0.1) is 10.1 Å². The van der Waals surface area contributed by atoms with Crippen LogP contribution in [0.2, 0.25) is 0 Å². The summed E-state index contributed by atoms with van der Waals surface area (Å²) in [6, 6.07) is 11.3. The number of anilines is 1. The van der Waals surface area contributed by atoms with Gasteiger partial charge in [0.15, 0.2) is 0 Å². The van der Waals surface area contributed by atoms with E-state index < -0.39 is 14.9 Å². The number of primary sulfonamides is 1. The van der Waals surface area contributed by atoms with Gasteiger partial charge in [-0.3, -0.25) is 10.1 Å². The van der Waals surface area contributed by atoms with Crippen LogP contribution < -0.4 is 10.5 Å². The molecule has 0 radical (unpaired) electrons. The number of imidazole rings is 1. The quantitative estimate of drug-likeness (QED) is 0.471. The number of nitro benzene ring substituents is 1. The van der Waals surface area contributed by atoms with E-state index in [1.165, 1.54) is 12.1 Å². The average molecular weight is 387 g/mol. The zero-order valence-corrected chi connectivity index (χ0v) is 15.0. The van der Waals surface area contributed by atoms with Crippen molar-refractivity contribution in [2.24, 2.45) is 5.14 Å². The van der Waals surface area contributed by atoms with Gasteiger partial charge >= 0.3 is 0 Å². The second kappa shape index (κ2) is 7.56. The second-order valence-electron chi connectivity index (χ2n) is 5.89. The van der Waals surface area contributed by atoms with E-state index in [1.807, 2.05) is 35.0 Å². The first kappa shape index (κ1) is 18.5. The molecule has 0 unspecified atom stereocenters. The molecular formula is C17H17N5O4S. The fraction of sp³-hybridized carbons (Fsp3) is 0.118. The lowest BCUT2D eigenvalue weighted by molar-refractivity contribution is -0.384. The molecule has 2 aromatic carbocycles. The topological polar surface area (TPSA) is 133 Å². The van der Waals surface area contributed by atoms with Crippen molar-refractivity contribution in [1.82, 2.24) is 9.55 Å². The highest BCUT2D eigenvalue weighted by molar-refractivity contribution is 7.89. The molecule has 3 aromatic rings. The van der Waals surface area contributed by atoms with Crippen molar-refractivity contribution in [3.8, 4) is 0 Å². The summed E-state index contributed by atoms with van der Waals surface area (Å²) < 4.78 is 24.7. The SMILES string of the molecule is NS(=O)(=O)c1ccc(NCc2ccc(Cn3ccnc3)cc2)c([N+](=O)[O-])c1. The molecule has 0 bridgehead atoms. The van der Waals surface area contributed by atoms with Crippen LogP contribution in [0.3, 0.4) is 0 Å². The van der Waals surface area contributed by atoms with Gasteiger partial charge in [-0.2, -0.15) is 0 Å². The molecule has 0 saturated heterocycles. The molecule has 0 aliphatic heterocycles. The number of aromatic nitrogens is 2. The summed E-state index contributed by atoms with van der Waals surface area (Å²) in [4.78, 5) is 14.3. The van der Waals surface area contributed by atoms with Crippen molar-refractivity contribution < 1.29 is 13.3 Å². The van der Waals surface area contributed by atoms with Gasteiger partial charge in [0.2, 0.25) is 10.0 Å². The smallest absolute Gasteiger partial charge is 0.293 e. The van der Waals surface area contributed by atoms with Gasteiger partial charge in [-0.25, -0.2) is 18.5 Å². The van der Waals surface area contributed by atoms with Crippen LogP contribution >= 0.6 is 0 Å². The van der Waals surface area contributed by atoms with E-state index in [2.05, 4.69) is 10.3 Å². The van der Waals surface area contributed by atoms with Crippen LogP contribution in [-0.2, 0) is 23.1 Å². The van der Waals surface area contributed by atoms with Crippen LogP contribution in [0.5, 0.6) is 0 Å². The van der Waals surface area contributed by atoms with E-state index in [0.29, 0.717) is 13.1 Å². The third-order valence-electron chi connectivity index (χ3n) is 3.92. The first-order chi connectivity index (χ1) is 12.8. The molecule has 27 heavy (non-hydrogen) atoms. The summed E-state index contributed by atoms with van der Waals surface area (Å²) in [6.07, 6.45) is 5.33. The van der Waals surface area contributed by atoms with E-state index >= 15 is 0 Å². The molecule has 140 valence electrons. The lowest BCUT2D eigenvalue weighted by atomic mass is 10.1. The van der Waals surface area contributed by atoms with Crippen LogP contribution in [0.15, 0.2) is 66.1 Å². The van der Waals surface area contributed by atoms with Crippen LogP contribution in [0.1, 0.15) is 11.1 Å². The average Bonchev–Trinajstić information content (AvgIpc) is 3.13. The van der Waals surface area contributed by atoms with Gasteiger partial charge in [-0.05, 0) is 23.3 Å². The van der Waals surface area contributed by atoms with Crippen molar-refractivity contribution >= 4 is 21.4 Å². The van der Waals surface area contributed by atoms with Crippen molar-refractivity contribution in [3.05, 3.63) is 82.4 Å². The number of nitrogens with two attached hydrogens (primary N) is 1. The third kappa shape index (κ3) is 4.68. The molecule has 0 saturated carbocycles. The second-order valence-corrected chi connectivity index (χ2v) is 7.45. The number of nitro groups is 1. The van der Waals surface area contributed by atoms with Crippen molar-refractivity contribution in [2.45, 2.75) is 18.0 Å². The Morgan fingerprint density at radius 2 is 1.85 bits per heavy atom. The maximum Gasteiger partial charge on any atom is 0.293 e. The van der Waals surface area contributed by atoms with Gasteiger partial charge in [0.05, 0.1) is 16.1 Å². The summed E-state index contributed by atoms with van der Waals surface area (Å²) in [5.74, 6) is 0. The Labute approximate surface area is 155 Å². The fourth-order valence-electron chi connectivity index (χ4n) is 2.54. The Balaban J connectivity index is 1.71. The molecule has 3 N–H and O–H groups in total. The zero-order valence-electron chi connectivity index (χ0n) is 14.1. The van der Waals surface area contributed by atoms with Crippen molar-refractivity contribution in [3.63, 3.8) is 0 Å². The molecule has 1 heterocycles. The summed E-state index contributed by atoms with van der Waals surface area (Å²) in [7, 11) is -4.01. The summed E-state index contributed by atoms with van der Waals surface area (Å²) in [6.45, 7) is 1.05. The van der Waals surface area contributed by atoms with Gasteiger partial charge in [0, 0.05) is 31.5 Å². The molecule has 0 atom stereocenters. The first-order valence-electron chi connectivity index (χ1n) is 7.91. The van der Waals surface area contributed by atoms with E-state index in [-0.39, 0.29) is 16.3 Å². The molecule has 0 aliphatic carbocycles. The summed E-state index contributed by atoms with van der Waals surface area (Å²) >= 11 is 0. The van der Waals surface area contributed by atoms with Gasteiger partial charge in [-0.15, -0.1) is 0 Å². The van der Waals surface area contributed by atoms with Crippen LogP contribution in [0.4, 0.5) is 11.4 Å². The highest BCUT2D eigenvalue weighted by Gasteiger charge is 2.18. The number of nitrogens with zero attached hydrogens (tertiary/aromatic N) is 3. The molecule has 10 heteroatoms. The van der Waals surface area contributed by atoms with E-state index in [9.17, 15) is 18.5 Å². The molecule has 9 nitrogen and oxygen atoms in total. The van der Waals surface area contributed by atoms with Gasteiger partial charge < -0.3 is 9.88 Å². The molecule has 0 spiro atoms. The Hall–Kier alpha value is -3.24. The number of nitrogens with one attached hydrogen (secondary N) is 1. The van der Waals surface area contributed by atoms with Crippen molar-refractivity contribution in [2.75, 3.05) is 5.32 Å². The Morgan fingerprint density at radius 1 is 1.15 bits per heavy atom. The number of sulfonamides is 1. The van der Waals surface area contributed by atoms with Gasteiger partial charge in [0.25, 0.3) is 5.69 Å². The van der Waals surface area contributed by atoms with Gasteiger partial charge in [0.1, 0.15) is 5.69 Å². The summed E-state index contributed by atoms with van der Waals surface area (Å²) in [5, 5.41) is 19.2. The predicted octanol–water partition coefficient (Wildman–Crippen LogP) is 2.10. The predicted molar refractivity (Wildman–Crippen MR) is 99.6 cm³/mol. The molecule has 0 amide bonds. The maximum atomic E-state index is 11.4. The number of benzene rings is 2. The van der Waals surface area contributed by atoms with Crippen LogP contribution in [-0.4, -0.2) is 22.9 Å². The number of rotatable bonds is 7. The molecule has 0 aliphatic rings. The Bertz CT molecular complexity index is 1050. The molecule has 1 aromatic heterocycles. The van der Waals surface area contributed by atoms with Crippen LogP contribution in [0.25, 0.3) is 0 Å². The largest absolute Gasteiger partial charge is 0.375 e. The molecular weight excluding hydrogens is 370 g/mol. The zero-order chi connectivity index (χ0) is 19.4. The fourth-order valence-corrected chi connectivity index (χ4v) is 3.07. The van der Waals surface area contributed by atoms with Gasteiger partial charge in [-0.1, -0.05) is 24.3 Å². The lowest BCUT2D eigenvalue weighted by Crippen LogP contribution is -2.13. The minimum absolute atomic E-state index is 0.217. The molecule has 0 fully saturated rings. The standard InChI is InChI=1S/C17H17N5O4S/c18-27(25,26)15-5-6-16(17(9-15)22(23)24)20-10-13-1-3-14(4-2-13)11-21-8-7-19-12-21/h1-9,12,20H,10-11H2,(H2,18,25,26). The third-order valence-corrected chi connectivity index (χ3v) is 4.84. The molecule has 3 rings (SSSR count). The van der Waals surface area contributed by atoms with E-state index in [0.717, 1.165) is 17.2 Å².